The van der Waals surface area contributed by atoms with Gasteiger partial charge in [0.05, 0.1) is 16.7 Å². The number of aromatic nitrogens is 2. The van der Waals surface area contributed by atoms with E-state index >= 15 is 0 Å². The molecule has 1 saturated heterocycles. The number of rotatable bonds is 2. The summed E-state index contributed by atoms with van der Waals surface area (Å²) in [6, 6.07) is 8.00. The van der Waals surface area contributed by atoms with Crippen molar-refractivity contribution in [2.45, 2.75) is 32.6 Å². The molecule has 1 aromatic heterocycles. The first-order valence-corrected chi connectivity index (χ1v) is 8.99. The highest BCUT2D eigenvalue weighted by molar-refractivity contribution is 5.80. The number of carbonyl (C=O) groups is 1. The Morgan fingerprint density at radius 3 is 2.46 bits per heavy atom. The molecule has 0 unspecified atom stereocenters. The molecule has 2 aliphatic rings. The second-order valence-electron chi connectivity index (χ2n) is 6.92. The topological polar surface area (TPSA) is 49.3 Å². The molecule has 4 rings (SSSR count). The van der Waals surface area contributed by atoms with Gasteiger partial charge in [0.1, 0.15) is 0 Å². The van der Waals surface area contributed by atoms with Crippen LogP contribution in [0.15, 0.2) is 24.3 Å². The van der Waals surface area contributed by atoms with Gasteiger partial charge < -0.3 is 9.80 Å². The average Bonchev–Trinajstić information content (AvgIpc) is 2.78. The Balaban J connectivity index is 1.52. The molecule has 2 fully saturated rings. The fourth-order valence-corrected chi connectivity index (χ4v) is 3.64. The number of para-hydroxylation sites is 2. The molecule has 1 aliphatic heterocycles. The summed E-state index contributed by atoms with van der Waals surface area (Å²) in [5, 5.41) is 0. The van der Waals surface area contributed by atoms with Crippen molar-refractivity contribution < 1.29 is 4.79 Å². The number of hydrogen-bond acceptors (Lipinski definition) is 4. The highest BCUT2D eigenvalue weighted by atomic mass is 16.2. The van der Waals surface area contributed by atoms with Crippen LogP contribution in [0.25, 0.3) is 11.0 Å². The normalized spacial score (nSPS) is 19.2. The number of aryl methyl sites for hydroxylation is 1. The standard InChI is InChI=1S/C19H24N4O/c1-14-18(21-17-9-3-2-8-16(17)20-14)22-10-5-11-23(13-12-22)19(24)15-6-4-7-15/h2-3,8-9,15H,4-7,10-13H2,1H3. The molecule has 0 spiro atoms. The van der Waals surface area contributed by atoms with Gasteiger partial charge in [-0.2, -0.15) is 0 Å². The Kier molecular flexibility index (Phi) is 4.08. The van der Waals surface area contributed by atoms with Crippen molar-refractivity contribution in [1.82, 2.24) is 14.9 Å². The molecule has 126 valence electrons. The first-order valence-electron chi connectivity index (χ1n) is 8.99. The second-order valence-corrected chi connectivity index (χ2v) is 6.92. The van der Waals surface area contributed by atoms with E-state index in [1.54, 1.807) is 0 Å². The van der Waals surface area contributed by atoms with Crippen molar-refractivity contribution in [1.29, 1.82) is 0 Å². The zero-order valence-electron chi connectivity index (χ0n) is 14.2. The number of amides is 1. The lowest BCUT2D eigenvalue weighted by Gasteiger charge is -2.31. The molecule has 5 nitrogen and oxygen atoms in total. The summed E-state index contributed by atoms with van der Waals surface area (Å²) in [4.78, 5) is 26.4. The Morgan fingerprint density at radius 2 is 1.75 bits per heavy atom. The third-order valence-electron chi connectivity index (χ3n) is 5.28. The quantitative estimate of drug-likeness (QED) is 0.852. The van der Waals surface area contributed by atoms with Crippen LogP contribution in [0.5, 0.6) is 0 Å². The van der Waals surface area contributed by atoms with Crippen molar-refractivity contribution >= 4 is 22.8 Å². The fraction of sp³-hybridized carbons (Fsp3) is 0.526. The van der Waals surface area contributed by atoms with Gasteiger partial charge in [0.2, 0.25) is 5.91 Å². The molecule has 1 aliphatic carbocycles. The average molecular weight is 324 g/mol. The van der Waals surface area contributed by atoms with E-state index in [9.17, 15) is 4.79 Å². The Hall–Kier alpha value is -2.17. The maximum Gasteiger partial charge on any atom is 0.225 e. The minimum atomic E-state index is 0.291. The first kappa shape index (κ1) is 15.4. The number of hydrogen-bond donors (Lipinski definition) is 0. The van der Waals surface area contributed by atoms with Crippen LogP contribution in [0.3, 0.4) is 0 Å². The van der Waals surface area contributed by atoms with Crippen molar-refractivity contribution in [2.24, 2.45) is 5.92 Å². The molecular formula is C19H24N4O. The monoisotopic (exact) mass is 324 g/mol. The van der Waals surface area contributed by atoms with E-state index < -0.39 is 0 Å². The molecule has 24 heavy (non-hydrogen) atoms. The van der Waals surface area contributed by atoms with Crippen LogP contribution < -0.4 is 4.90 Å². The molecule has 1 saturated carbocycles. The van der Waals surface area contributed by atoms with E-state index in [1.807, 2.05) is 31.2 Å². The number of anilines is 1. The third-order valence-corrected chi connectivity index (χ3v) is 5.28. The summed E-state index contributed by atoms with van der Waals surface area (Å²) >= 11 is 0. The lowest BCUT2D eigenvalue weighted by Crippen LogP contribution is -2.41. The molecule has 5 heteroatoms. The summed E-state index contributed by atoms with van der Waals surface area (Å²) in [6.45, 7) is 5.46. The fourth-order valence-electron chi connectivity index (χ4n) is 3.64. The van der Waals surface area contributed by atoms with Gasteiger partial charge in [-0.15, -0.1) is 0 Å². The largest absolute Gasteiger partial charge is 0.353 e. The predicted molar refractivity (Wildman–Crippen MR) is 95.0 cm³/mol. The van der Waals surface area contributed by atoms with Crippen molar-refractivity contribution in [3.05, 3.63) is 30.0 Å². The molecule has 0 radical (unpaired) electrons. The van der Waals surface area contributed by atoms with Gasteiger partial charge in [0, 0.05) is 32.1 Å². The summed E-state index contributed by atoms with van der Waals surface area (Å²) in [7, 11) is 0. The minimum Gasteiger partial charge on any atom is -0.353 e. The molecular weight excluding hydrogens is 300 g/mol. The molecule has 2 heterocycles. The van der Waals surface area contributed by atoms with Crippen LogP contribution in [0.2, 0.25) is 0 Å². The van der Waals surface area contributed by atoms with Crippen LogP contribution >= 0.6 is 0 Å². The maximum atomic E-state index is 12.5. The summed E-state index contributed by atoms with van der Waals surface area (Å²) in [6.07, 6.45) is 4.36. The van der Waals surface area contributed by atoms with Gasteiger partial charge >= 0.3 is 0 Å². The second kappa shape index (κ2) is 6.38. The van der Waals surface area contributed by atoms with Crippen LogP contribution in [-0.4, -0.2) is 47.0 Å². The number of benzene rings is 1. The molecule has 1 aromatic carbocycles. The molecule has 2 aromatic rings. The van der Waals surface area contributed by atoms with Crippen LogP contribution in [0.1, 0.15) is 31.4 Å². The first-order chi connectivity index (χ1) is 11.7. The van der Waals surface area contributed by atoms with E-state index in [1.165, 1.54) is 6.42 Å². The summed E-state index contributed by atoms with van der Waals surface area (Å²) < 4.78 is 0. The van der Waals surface area contributed by atoms with Gasteiger partial charge in [0.25, 0.3) is 0 Å². The van der Waals surface area contributed by atoms with Crippen LogP contribution in [0.4, 0.5) is 5.82 Å². The Morgan fingerprint density at radius 1 is 1.00 bits per heavy atom. The smallest absolute Gasteiger partial charge is 0.225 e. The summed E-state index contributed by atoms with van der Waals surface area (Å²) in [5.74, 6) is 1.62. The lowest BCUT2D eigenvalue weighted by molar-refractivity contribution is -0.137. The Bertz CT molecular complexity index is 756. The van der Waals surface area contributed by atoms with Gasteiger partial charge in [-0.1, -0.05) is 18.6 Å². The van der Waals surface area contributed by atoms with Crippen molar-refractivity contribution in [2.75, 3.05) is 31.1 Å². The van der Waals surface area contributed by atoms with E-state index in [-0.39, 0.29) is 0 Å². The number of fused-ring (bicyclic) bond motifs is 1. The van der Waals surface area contributed by atoms with Gasteiger partial charge in [0.15, 0.2) is 5.82 Å². The van der Waals surface area contributed by atoms with Gasteiger partial charge in [-0.3, -0.25) is 4.79 Å². The third kappa shape index (κ3) is 2.83. The van der Waals surface area contributed by atoms with E-state index in [4.69, 9.17) is 9.97 Å². The predicted octanol–water partition coefficient (Wildman–Crippen LogP) is 2.78. The zero-order chi connectivity index (χ0) is 16.5. The van der Waals surface area contributed by atoms with Crippen LogP contribution in [0, 0.1) is 12.8 Å². The van der Waals surface area contributed by atoms with E-state index in [0.29, 0.717) is 11.8 Å². The Labute approximate surface area is 142 Å². The van der Waals surface area contributed by atoms with E-state index in [2.05, 4.69) is 9.80 Å². The van der Waals surface area contributed by atoms with E-state index in [0.717, 1.165) is 68.0 Å². The highest BCUT2D eigenvalue weighted by Gasteiger charge is 2.30. The number of carbonyl (C=O) groups excluding carboxylic acids is 1. The summed E-state index contributed by atoms with van der Waals surface area (Å²) in [5.41, 5.74) is 2.84. The zero-order valence-corrected chi connectivity index (χ0v) is 14.2. The lowest BCUT2D eigenvalue weighted by atomic mass is 9.84. The minimum absolute atomic E-state index is 0.291. The highest BCUT2D eigenvalue weighted by Crippen LogP contribution is 2.29. The maximum absolute atomic E-state index is 12.5. The van der Waals surface area contributed by atoms with Gasteiger partial charge in [-0.25, -0.2) is 9.97 Å². The van der Waals surface area contributed by atoms with Crippen molar-refractivity contribution in [3.63, 3.8) is 0 Å². The molecule has 0 atom stereocenters. The van der Waals surface area contributed by atoms with Crippen molar-refractivity contribution in [3.8, 4) is 0 Å². The molecule has 1 amide bonds. The van der Waals surface area contributed by atoms with Gasteiger partial charge in [-0.05, 0) is 38.3 Å². The van der Waals surface area contributed by atoms with Crippen LogP contribution in [-0.2, 0) is 4.79 Å². The molecule has 0 bridgehead atoms. The molecule has 0 N–H and O–H groups in total. The SMILES string of the molecule is Cc1nc2ccccc2nc1N1CCCN(C(=O)C2CCC2)CC1. The number of nitrogens with zero attached hydrogens (tertiary/aromatic N) is 4.